The van der Waals surface area contributed by atoms with Gasteiger partial charge in [0.15, 0.2) is 11.7 Å². The predicted octanol–water partition coefficient (Wildman–Crippen LogP) is 3.32. The Morgan fingerprint density at radius 1 is 1.37 bits per heavy atom. The number of hydrogen-bond donors (Lipinski definition) is 2. The molecule has 27 heavy (non-hydrogen) atoms. The van der Waals surface area contributed by atoms with Crippen LogP contribution in [0.3, 0.4) is 0 Å². The third kappa shape index (κ3) is 6.81. The average molecular weight is 503 g/mol. The highest BCUT2D eigenvalue weighted by molar-refractivity contribution is 14.0. The Bertz CT molecular complexity index is 614. The Balaban J connectivity index is 0.00000364. The molecule has 0 spiro atoms. The molecule has 0 bridgehead atoms. The molecule has 10 heteroatoms. The summed E-state index contributed by atoms with van der Waals surface area (Å²) < 4.78 is 45.5. The zero-order valence-electron chi connectivity index (χ0n) is 16.0. The Morgan fingerprint density at radius 2 is 2.07 bits per heavy atom. The molecule has 1 aromatic rings. The highest BCUT2D eigenvalue weighted by atomic mass is 127. The monoisotopic (exact) mass is 503 g/mol. The summed E-state index contributed by atoms with van der Waals surface area (Å²) in [5.41, 5.74) is -0.623. The first kappa shape index (κ1) is 24.0. The maximum atomic E-state index is 13.0. The summed E-state index contributed by atoms with van der Waals surface area (Å²) in [5, 5.41) is 9.89. The van der Waals surface area contributed by atoms with E-state index in [2.05, 4.69) is 20.7 Å². The third-order valence-corrected chi connectivity index (χ3v) is 4.81. The fourth-order valence-corrected chi connectivity index (χ4v) is 3.18. The van der Waals surface area contributed by atoms with Crippen LogP contribution in [0.1, 0.15) is 43.9 Å². The van der Waals surface area contributed by atoms with Crippen LogP contribution in [-0.2, 0) is 24.5 Å². The molecule has 1 saturated carbocycles. The molecule has 0 aliphatic heterocycles. The lowest BCUT2D eigenvalue weighted by Crippen LogP contribution is -2.47. The number of nitrogens with zero attached hydrogens (tertiary/aromatic N) is 3. The van der Waals surface area contributed by atoms with Crippen molar-refractivity contribution in [1.82, 2.24) is 20.4 Å². The number of alkyl halides is 3. The van der Waals surface area contributed by atoms with Gasteiger partial charge < -0.3 is 15.4 Å². The lowest BCUT2D eigenvalue weighted by atomic mass is 9.67. The summed E-state index contributed by atoms with van der Waals surface area (Å²) in [6.07, 6.45) is 1.31. The van der Waals surface area contributed by atoms with Gasteiger partial charge in [-0.2, -0.15) is 18.3 Å². The molecule has 1 aromatic heterocycles. The molecule has 1 aliphatic rings. The van der Waals surface area contributed by atoms with Crippen molar-refractivity contribution in [2.75, 3.05) is 26.8 Å². The first-order valence-electron chi connectivity index (χ1n) is 8.90. The third-order valence-electron chi connectivity index (χ3n) is 4.81. The maximum Gasteiger partial charge on any atom is 0.435 e. The van der Waals surface area contributed by atoms with E-state index in [0.29, 0.717) is 19.1 Å². The quantitative estimate of drug-likeness (QED) is 0.325. The minimum absolute atomic E-state index is 0. The van der Waals surface area contributed by atoms with Crippen LogP contribution in [0.5, 0.6) is 0 Å². The Morgan fingerprint density at radius 3 is 2.59 bits per heavy atom. The van der Waals surface area contributed by atoms with E-state index in [1.807, 2.05) is 6.92 Å². The number of guanidine groups is 1. The van der Waals surface area contributed by atoms with E-state index in [-0.39, 0.29) is 41.5 Å². The van der Waals surface area contributed by atoms with Crippen molar-refractivity contribution in [3.05, 3.63) is 17.5 Å². The summed E-state index contributed by atoms with van der Waals surface area (Å²) in [7, 11) is 3.17. The van der Waals surface area contributed by atoms with E-state index in [4.69, 9.17) is 4.74 Å². The van der Waals surface area contributed by atoms with Gasteiger partial charge in [-0.25, -0.2) is 4.99 Å². The van der Waals surface area contributed by atoms with Gasteiger partial charge in [0.25, 0.3) is 0 Å². The van der Waals surface area contributed by atoms with Crippen LogP contribution >= 0.6 is 24.0 Å². The van der Waals surface area contributed by atoms with Crippen molar-refractivity contribution in [1.29, 1.82) is 0 Å². The van der Waals surface area contributed by atoms with Gasteiger partial charge in [0, 0.05) is 45.6 Å². The van der Waals surface area contributed by atoms with Crippen molar-refractivity contribution in [3.8, 4) is 0 Å². The summed E-state index contributed by atoms with van der Waals surface area (Å²) >= 11 is 0. The van der Waals surface area contributed by atoms with E-state index < -0.39 is 11.9 Å². The number of nitrogens with one attached hydrogen (secondary N) is 2. The van der Waals surface area contributed by atoms with E-state index in [1.54, 1.807) is 7.11 Å². The fourth-order valence-electron chi connectivity index (χ4n) is 3.18. The lowest BCUT2D eigenvalue weighted by molar-refractivity contribution is -0.142. The normalized spacial score (nSPS) is 16.4. The van der Waals surface area contributed by atoms with Gasteiger partial charge in [-0.05, 0) is 31.6 Å². The Hall–Kier alpha value is -1.04. The average Bonchev–Trinajstić information content (AvgIpc) is 2.92. The van der Waals surface area contributed by atoms with Crippen molar-refractivity contribution < 1.29 is 17.9 Å². The number of ether oxygens (including phenoxy) is 1. The smallest absolute Gasteiger partial charge is 0.385 e. The molecule has 0 radical (unpaired) electrons. The number of halogens is 4. The molecule has 0 aromatic carbocycles. The highest BCUT2D eigenvalue weighted by Crippen LogP contribution is 2.43. The van der Waals surface area contributed by atoms with Crippen LogP contribution in [0.25, 0.3) is 0 Å². The molecule has 0 unspecified atom stereocenters. The first-order chi connectivity index (χ1) is 12.3. The van der Waals surface area contributed by atoms with E-state index in [0.717, 1.165) is 25.8 Å². The largest absolute Gasteiger partial charge is 0.435 e. The molecule has 0 saturated heterocycles. The number of rotatable bonds is 8. The molecule has 2 N–H and O–H groups in total. The summed E-state index contributed by atoms with van der Waals surface area (Å²) in [4.78, 5) is 4.32. The van der Waals surface area contributed by atoms with Gasteiger partial charge in [-0.15, -0.1) is 24.0 Å². The highest BCUT2D eigenvalue weighted by Gasteiger charge is 2.37. The SMILES string of the molecule is CCNC(=NCc1cn(C)nc1C(F)(F)F)NCC1(CCOC)CCC1.I. The van der Waals surface area contributed by atoms with Crippen LogP contribution in [0.15, 0.2) is 11.2 Å². The fraction of sp³-hybridized carbons (Fsp3) is 0.765. The topological polar surface area (TPSA) is 63.5 Å². The molecular weight excluding hydrogens is 474 g/mol. The Labute approximate surface area is 175 Å². The standard InChI is InChI=1S/C17H28F3N5O.HI/c1-4-21-15(23-12-16(6-5-7-16)8-9-26-3)22-10-13-11-25(2)24-14(13)17(18,19)20;/h11H,4-10,12H2,1-3H3,(H2,21,22,23);1H. The van der Waals surface area contributed by atoms with Crippen LogP contribution in [0.4, 0.5) is 13.2 Å². The Kier molecular flexibility index (Phi) is 9.32. The van der Waals surface area contributed by atoms with Gasteiger partial charge in [0.05, 0.1) is 6.54 Å². The summed E-state index contributed by atoms with van der Waals surface area (Å²) in [5.74, 6) is 0.521. The van der Waals surface area contributed by atoms with E-state index in [9.17, 15) is 13.2 Å². The first-order valence-corrected chi connectivity index (χ1v) is 8.90. The molecule has 156 valence electrons. The molecule has 1 heterocycles. The molecule has 0 amide bonds. The van der Waals surface area contributed by atoms with Crippen molar-refractivity contribution in [2.24, 2.45) is 17.5 Å². The van der Waals surface area contributed by atoms with E-state index in [1.165, 1.54) is 24.3 Å². The number of hydrogen-bond acceptors (Lipinski definition) is 3. The molecular formula is C17H29F3IN5O. The zero-order valence-corrected chi connectivity index (χ0v) is 18.4. The second-order valence-corrected chi connectivity index (χ2v) is 6.82. The number of aryl methyl sites for hydroxylation is 1. The summed E-state index contributed by atoms with van der Waals surface area (Å²) in [6, 6.07) is 0. The van der Waals surface area contributed by atoms with Gasteiger partial charge >= 0.3 is 6.18 Å². The van der Waals surface area contributed by atoms with Crippen LogP contribution in [-0.4, -0.2) is 42.5 Å². The number of methoxy groups -OCH3 is 1. The zero-order chi connectivity index (χ0) is 19.2. The van der Waals surface area contributed by atoms with Gasteiger partial charge in [-0.3, -0.25) is 4.68 Å². The van der Waals surface area contributed by atoms with Crippen LogP contribution in [0, 0.1) is 5.41 Å². The van der Waals surface area contributed by atoms with Crippen LogP contribution < -0.4 is 10.6 Å². The molecule has 2 rings (SSSR count). The number of aromatic nitrogens is 2. The molecule has 6 nitrogen and oxygen atoms in total. The van der Waals surface area contributed by atoms with Crippen molar-refractivity contribution in [3.63, 3.8) is 0 Å². The van der Waals surface area contributed by atoms with Gasteiger partial charge in [0.2, 0.25) is 0 Å². The minimum atomic E-state index is -4.48. The molecule has 1 fully saturated rings. The van der Waals surface area contributed by atoms with Crippen molar-refractivity contribution >= 4 is 29.9 Å². The minimum Gasteiger partial charge on any atom is -0.385 e. The van der Waals surface area contributed by atoms with E-state index >= 15 is 0 Å². The van der Waals surface area contributed by atoms with Crippen LogP contribution in [0.2, 0.25) is 0 Å². The second-order valence-electron chi connectivity index (χ2n) is 6.82. The maximum absolute atomic E-state index is 13.0. The molecule has 0 atom stereocenters. The summed E-state index contributed by atoms with van der Waals surface area (Å²) in [6.45, 7) is 3.92. The van der Waals surface area contributed by atoms with Crippen molar-refractivity contribution in [2.45, 2.75) is 45.3 Å². The lowest BCUT2D eigenvalue weighted by Gasteiger charge is -2.42. The number of aliphatic imine (C=N–C) groups is 1. The van der Waals surface area contributed by atoms with Gasteiger partial charge in [-0.1, -0.05) is 6.42 Å². The molecule has 1 aliphatic carbocycles. The second kappa shape index (κ2) is 10.5. The predicted molar refractivity (Wildman–Crippen MR) is 109 cm³/mol. The van der Waals surface area contributed by atoms with Gasteiger partial charge in [0.1, 0.15) is 0 Å².